The van der Waals surface area contributed by atoms with Crippen molar-refractivity contribution in [2.45, 2.75) is 6.54 Å². The third kappa shape index (κ3) is 2.62. The van der Waals surface area contributed by atoms with Gasteiger partial charge >= 0.3 is 0 Å². The largest absolute Gasteiger partial charge is 0.318 e. The first-order valence-electron chi connectivity index (χ1n) is 7.61. The molecule has 1 aromatic heterocycles. The molecule has 0 atom stereocenters. The van der Waals surface area contributed by atoms with Crippen molar-refractivity contribution in [2.24, 2.45) is 12.1 Å². The van der Waals surface area contributed by atoms with Crippen molar-refractivity contribution in [3.63, 3.8) is 0 Å². The summed E-state index contributed by atoms with van der Waals surface area (Å²) in [5.41, 5.74) is 5.70. The van der Waals surface area contributed by atoms with Gasteiger partial charge in [-0.05, 0) is 28.5 Å². The van der Waals surface area contributed by atoms with Crippen molar-refractivity contribution in [3.05, 3.63) is 77.1 Å². The van der Waals surface area contributed by atoms with Crippen molar-refractivity contribution in [1.82, 2.24) is 9.99 Å². The molecule has 0 fully saturated rings. The number of hydrogen-bond acceptors (Lipinski definition) is 3. The lowest BCUT2D eigenvalue weighted by Gasteiger charge is -2.05. The predicted octanol–water partition coefficient (Wildman–Crippen LogP) is 4.00. The van der Waals surface area contributed by atoms with E-state index >= 15 is 0 Å². The summed E-state index contributed by atoms with van der Waals surface area (Å²) in [5, 5.41) is 7.12. The van der Waals surface area contributed by atoms with Crippen molar-refractivity contribution >= 4 is 32.3 Å². The van der Waals surface area contributed by atoms with Gasteiger partial charge in [0.25, 0.3) is 0 Å². The van der Waals surface area contributed by atoms with Crippen LogP contribution in [0.5, 0.6) is 0 Å². The number of nitrogens with zero attached hydrogens (tertiary/aromatic N) is 2. The summed E-state index contributed by atoms with van der Waals surface area (Å²) in [6.07, 6.45) is 0. The van der Waals surface area contributed by atoms with E-state index < -0.39 is 0 Å². The average molecular weight is 319 g/mol. The summed E-state index contributed by atoms with van der Waals surface area (Å²) >= 11 is 1.70. The molecule has 3 nitrogen and oxygen atoms in total. The molecule has 0 aliphatic rings. The molecule has 0 unspecified atom stereocenters. The smallest absolute Gasteiger partial charge is 0.208 e. The van der Waals surface area contributed by atoms with Gasteiger partial charge in [-0.1, -0.05) is 65.9 Å². The molecule has 0 saturated heterocycles. The lowest BCUT2D eigenvalue weighted by atomic mass is 10.1. The number of fused-ring (bicyclic) bond motifs is 2. The zero-order valence-corrected chi connectivity index (χ0v) is 13.7. The van der Waals surface area contributed by atoms with Gasteiger partial charge in [-0.15, -0.1) is 0 Å². The predicted molar refractivity (Wildman–Crippen MR) is 97.1 cm³/mol. The topological polar surface area (TPSA) is 29.3 Å². The molecule has 0 radical (unpaired) electrons. The number of para-hydroxylation sites is 1. The van der Waals surface area contributed by atoms with E-state index in [0.717, 1.165) is 11.3 Å². The summed E-state index contributed by atoms with van der Waals surface area (Å²) in [6.45, 7) is 0.718. The first kappa shape index (κ1) is 14.0. The van der Waals surface area contributed by atoms with Crippen molar-refractivity contribution in [3.8, 4) is 0 Å². The van der Waals surface area contributed by atoms with Gasteiger partial charge in [-0.2, -0.15) is 5.10 Å². The molecule has 23 heavy (non-hydrogen) atoms. The molecule has 1 heterocycles. The lowest BCUT2D eigenvalue weighted by Crippen LogP contribution is -2.17. The van der Waals surface area contributed by atoms with Gasteiger partial charge in [-0.25, -0.2) is 0 Å². The highest BCUT2D eigenvalue weighted by molar-refractivity contribution is 7.16. The standard InChI is InChI=1S/C19H17N3S/c1-22-17-11-4-5-12-18(17)23-19(22)21-20-13-15-9-6-8-14-7-2-3-10-16(14)15/h2-12,20H,13H2,1H3. The lowest BCUT2D eigenvalue weighted by molar-refractivity contribution is 0.703. The van der Waals surface area contributed by atoms with Crippen LogP contribution in [-0.4, -0.2) is 4.57 Å². The monoisotopic (exact) mass is 319 g/mol. The quantitative estimate of drug-likeness (QED) is 0.568. The summed E-state index contributed by atoms with van der Waals surface area (Å²) in [7, 11) is 2.05. The Morgan fingerprint density at radius 1 is 0.957 bits per heavy atom. The molecule has 0 spiro atoms. The van der Waals surface area contributed by atoms with Crippen LogP contribution in [0, 0.1) is 0 Å². The Kier molecular flexibility index (Phi) is 3.60. The second-order valence-corrected chi connectivity index (χ2v) is 6.51. The van der Waals surface area contributed by atoms with E-state index in [1.165, 1.54) is 26.6 Å². The number of benzene rings is 3. The van der Waals surface area contributed by atoms with E-state index in [-0.39, 0.29) is 0 Å². The van der Waals surface area contributed by atoms with Crippen molar-refractivity contribution in [2.75, 3.05) is 0 Å². The minimum Gasteiger partial charge on any atom is -0.318 e. The number of thiazole rings is 1. The highest BCUT2D eigenvalue weighted by Gasteiger charge is 2.02. The molecule has 0 bridgehead atoms. The van der Waals surface area contributed by atoms with E-state index in [1.54, 1.807) is 11.3 Å². The maximum atomic E-state index is 4.58. The first-order chi connectivity index (χ1) is 11.3. The van der Waals surface area contributed by atoms with Gasteiger partial charge in [0.1, 0.15) is 0 Å². The van der Waals surface area contributed by atoms with Crippen LogP contribution in [0.15, 0.2) is 71.8 Å². The second-order valence-electron chi connectivity index (χ2n) is 5.50. The maximum absolute atomic E-state index is 4.58. The van der Waals surface area contributed by atoms with Gasteiger partial charge in [0, 0.05) is 7.05 Å². The van der Waals surface area contributed by atoms with Crippen LogP contribution in [0.25, 0.3) is 21.0 Å². The third-order valence-corrected chi connectivity index (χ3v) is 5.15. The Morgan fingerprint density at radius 2 is 1.74 bits per heavy atom. The minimum absolute atomic E-state index is 0.718. The molecule has 3 aromatic carbocycles. The maximum Gasteiger partial charge on any atom is 0.208 e. The molecule has 0 aliphatic heterocycles. The van der Waals surface area contributed by atoms with Gasteiger partial charge in [0.2, 0.25) is 4.80 Å². The van der Waals surface area contributed by atoms with Crippen molar-refractivity contribution in [1.29, 1.82) is 0 Å². The van der Waals surface area contributed by atoms with E-state index in [2.05, 4.69) is 88.9 Å². The Labute approximate surface area is 138 Å². The molecule has 4 aromatic rings. The summed E-state index contributed by atoms with van der Waals surface area (Å²) in [5.74, 6) is 0. The molecule has 4 rings (SSSR count). The number of aryl methyl sites for hydroxylation is 1. The zero-order valence-electron chi connectivity index (χ0n) is 12.9. The van der Waals surface area contributed by atoms with Crippen LogP contribution >= 0.6 is 11.3 Å². The Bertz CT molecular complexity index is 1040. The summed E-state index contributed by atoms with van der Waals surface area (Å²) < 4.78 is 3.37. The average Bonchev–Trinajstić information content (AvgIpc) is 2.92. The molecule has 0 saturated carbocycles. The van der Waals surface area contributed by atoms with Gasteiger partial charge in [0.05, 0.1) is 16.8 Å². The highest BCUT2D eigenvalue weighted by Crippen LogP contribution is 2.18. The summed E-state index contributed by atoms with van der Waals surface area (Å²) in [6, 6.07) is 23.2. The molecule has 1 N–H and O–H groups in total. The fraction of sp³-hybridized carbons (Fsp3) is 0.105. The molecular formula is C19H17N3S. The van der Waals surface area contributed by atoms with Crippen LogP contribution in [0.1, 0.15) is 5.56 Å². The Morgan fingerprint density at radius 3 is 2.65 bits per heavy atom. The second kappa shape index (κ2) is 5.89. The van der Waals surface area contributed by atoms with Crippen LogP contribution in [0.2, 0.25) is 0 Å². The third-order valence-electron chi connectivity index (χ3n) is 4.04. The molecule has 114 valence electrons. The van der Waals surface area contributed by atoms with E-state index in [0.29, 0.717) is 0 Å². The SMILES string of the molecule is Cn1c(=NNCc2cccc3ccccc23)sc2ccccc21. The first-order valence-corrected chi connectivity index (χ1v) is 8.42. The number of hydrogen-bond donors (Lipinski definition) is 1. The van der Waals surface area contributed by atoms with Crippen LogP contribution in [-0.2, 0) is 13.6 Å². The van der Waals surface area contributed by atoms with Gasteiger partial charge in [-0.3, -0.25) is 0 Å². The number of rotatable bonds is 3. The normalized spacial score (nSPS) is 12.1. The fourth-order valence-corrected chi connectivity index (χ4v) is 3.83. The molecule has 4 heteroatoms. The zero-order chi connectivity index (χ0) is 15.6. The summed E-state index contributed by atoms with van der Waals surface area (Å²) in [4.78, 5) is 0.978. The number of aromatic nitrogens is 1. The van der Waals surface area contributed by atoms with E-state index in [4.69, 9.17) is 0 Å². The molecule has 0 amide bonds. The van der Waals surface area contributed by atoms with Crippen LogP contribution in [0.4, 0.5) is 0 Å². The molecular weight excluding hydrogens is 302 g/mol. The minimum atomic E-state index is 0.718. The fourth-order valence-electron chi connectivity index (χ4n) is 2.83. The van der Waals surface area contributed by atoms with Gasteiger partial charge < -0.3 is 9.99 Å². The Hall–Kier alpha value is -2.59. The number of nitrogens with one attached hydrogen (secondary N) is 1. The molecule has 0 aliphatic carbocycles. The highest BCUT2D eigenvalue weighted by atomic mass is 32.1. The van der Waals surface area contributed by atoms with E-state index in [9.17, 15) is 0 Å². The van der Waals surface area contributed by atoms with Crippen LogP contribution < -0.4 is 10.2 Å². The van der Waals surface area contributed by atoms with E-state index in [1.807, 2.05) is 0 Å². The van der Waals surface area contributed by atoms with Crippen molar-refractivity contribution < 1.29 is 0 Å². The Balaban J connectivity index is 1.64. The van der Waals surface area contributed by atoms with Gasteiger partial charge in [0.15, 0.2) is 0 Å². The van der Waals surface area contributed by atoms with Crippen LogP contribution in [0.3, 0.4) is 0 Å².